The molecule has 0 aromatic carbocycles. The summed E-state index contributed by atoms with van der Waals surface area (Å²) in [5, 5.41) is 1.72. The molecule has 0 aliphatic heterocycles. The number of amides is 1. The molecule has 0 atom stereocenters. The van der Waals surface area contributed by atoms with Crippen LogP contribution in [0.5, 0.6) is 0 Å². The molecule has 16 heavy (non-hydrogen) atoms. The summed E-state index contributed by atoms with van der Waals surface area (Å²) >= 11 is 0. The Bertz CT molecular complexity index is 366. The molecule has 1 aromatic rings. The molecule has 0 N–H and O–H groups in total. The second-order valence-corrected chi connectivity index (χ2v) is 4.66. The highest BCUT2D eigenvalue weighted by Gasteiger charge is 2.26. The molecule has 0 radical (unpaired) electrons. The Morgan fingerprint density at radius 2 is 2.06 bits per heavy atom. The van der Waals surface area contributed by atoms with Crippen LogP contribution < -0.4 is 9.58 Å². The van der Waals surface area contributed by atoms with E-state index >= 15 is 0 Å². The van der Waals surface area contributed by atoms with E-state index in [4.69, 9.17) is 0 Å². The topological polar surface area (TPSA) is 29.1 Å². The van der Waals surface area contributed by atoms with Crippen molar-refractivity contribution in [1.29, 1.82) is 0 Å². The van der Waals surface area contributed by atoms with Gasteiger partial charge in [0.2, 0.25) is 0 Å². The first-order valence-electron chi connectivity index (χ1n) is 5.99. The number of hydrogen-bond donors (Lipinski definition) is 0. The quantitative estimate of drug-likeness (QED) is 0.686. The fraction of sp³-hybridized carbons (Fsp3) is 0.667. The number of carbonyl (C=O) groups is 1. The van der Waals surface area contributed by atoms with Crippen molar-refractivity contribution in [2.75, 3.05) is 12.1 Å². The van der Waals surface area contributed by atoms with Crippen LogP contribution in [0.1, 0.15) is 32.1 Å². The molecule has 1 aliphatic carbocycles. The van der Waals surface area contributed by atoms with Gasteiger partial charge in [-0.25, -0.2) is 4.57 Å². The van der Waals surface area contributed by atoms with Crippen LogP contribution in [0.15, 0.2) is 18.7 Å². The van der Waals surface area contributed by atoms with E-state index in [1.807, 2.05) is 42.1 Å². The van der Waals surface area contributed by atoms with E-state index < -0.39 is 0 Å². The van der Waals surface area contributed by atoms with Crippen molar-refractivity contribution >= 4 is 5.91 Å². The molecule has 0 unspecified atom stereocenters. The maximum Gasteiger partial charge on any atom is 0.267 e. The van der Waals surface area contributed by atoms with Gasteiger partial charge in [-0.15, -0.1) is 4.68 Å². The normalized spacial score (nSPS) is 17.4. The minimum Gasteiger partial charge on any atom is -0.271 e. The van der Waals surface area contributed by atoms with Crippen molar-refractivity contribution in [2.45, 2.75) is 32.1 Å². The molecule has 1 heterocycles. The first-order valence-corrected chi connectivity index (χ1v) is 5.99. The molecular formula is C12H20N3O+. The summed E-state index contributed by atoms with van der Waals surface area (Å²) in [4.78, 5) is 12.2. The Morgan fingerprint density at radius 1 is 1.38 bits per heavy atom. The van der Waals surface area contributed by atoms with E-state index in [0.29, 0.717) is 0 Å². The zero-order chi connectivity index (χ0) is 11.5. The van der Waals surface area contributed by atoms with Crippen LogP contribution in [0, 0.1) is 5.92 Å². The number of nitrogens with zero attached hydrogens (tertiary/aromatic N) is 3. The van der Waals surface area contributed by atoms with Crippen molar-refractivity contribution in [3.05, 3.63) is 18.7 Å². The van der Waals surface area contributed by atoms with Crippen molar-refractivity contribution in [2.24, 2.45) is 13.0 Å². The average Bonchev–Trinajstić information content (AvgIpc) is 2.75. The first-order chi connectivity index (χ1) is 7.68. The zero-order valence-electron chi connectivity index (χ0n) is 10.1. The molecular weight excluding hydrogens is 202 g/mol. The third-order valence-corrected chi connectivity index (χ3v) is 3.37. The lowest BCUT2D eigenvalue weighted by molar-refractivity contribution is -0.671. The molecule has 1 aliphatic rings. The Kier molecular flexibility index (Phi) is 3.27. The SMILES string of the molecule is CN(C(=O)C1CCCCC1)n1cc[n+](C)c1. The van der Waals surface area contributed by atoms with Crippen molar-refractivity contribution in [3.63, 3.8) is 0 Å². The van der Waals surface area contributed by atoms with Crippen LogP contribution in [0.2, 0.25) is 0 Å². The van der Waals surface area contributed by atoms with Crippen molar-refractivity contribution in [3.8, 4) is 0 Å². The third kappa shape index (κ3) is 2.26. The van der Waals surface area contributed by atoms with Crippen LogP contribution in [0.4, 0.5) is 0 Å². The highest BCUT2D eigenvalue weighted by molar-refractivity contribution is 5.87. The van der Waals surface area contributed by atoms with Gasteiger partial charge in [-0.1, -0.05) is 19.3 Å². The van der Waals surface area contributed by atoms with Crippen LogP contribution in [-0.2, 0) is 11.8 Å². The van der Waals surface area contributed by atoms with Crippen LogP contribution in [0.3, 0.4) is 0 Å². The van der Waals surface area contributed by atoms with Crippen molar-refractivity contribution < 1.29 is 9.36 Å². The van der Waals surface area contributed by atoms with Gasteiger partial charge in [0.25, 0.3) is 12.2 Å². The molecule has 0 spiro atoms. The van der Waals surface area contributed by atoms with E-state index in [-0.39, 0.29) is 11.8 Å². The van der Waals surface area contributed by atoms with E-state index in [2.05, 4.69) is 0 Å². The Balaban J connectivity index is 2.03. The summed E-state index contributed by atoms with van der Waals surface area (Å²) < 4.78 is 3.78. The average molecular weight is 222 g/mol. The maximum atomic E-state index is 12.2. The number of aryl methyl sites for hydroxylation is 1. The lowest BCUT2D eigenvalue weighted by atomic mass is 9.88. The van der Waals surface area contributed by atoms with Gasteiger partial charge >= 0.3 is 0 Å². The Labute approximate surface area is 96.5 Å². The van der Waals surface area contributed by atoms with Crippen LogP contribution in [0.25, 0.3) is 0 Å². The standard InChI is InChI=1S/C12H20N3O/c1-13-8-9-15(10-13)14(2)12(16)11-6-4-3-5-7-11/h8-11H,3-7H2,1-2H3/q+1. The first kappa shape index (κ1) is 11.2. The Hall–Kier alpha value is -1.32. The predicted octanol–water partition coefficient (Wildman–Crippen LogP) is 0.987. The van der Waals surface area contributed by atoms with E-state index in [1.54, 1.807) is 5.01 Å². The summed E-state index contributed by atoms with van der Waals surface area (Å²) in [6, 6.07) is 0. The number of aromatic nitrogens is 2. The summed E-state index contributed by atoms with van der Waals surface area (Å²) in [6.07, 6.45) is 11.5. The summed E-state index contributed by atoms with van der Waals surface area (Å²) in [7, 11) is 3.80. The lowest BCUT2D eigenvalue weighted by Crippen LogP contribution is -2.41. The summed E-state index contributed by atoms with van der Waals surface area (Å²) in [6.45, 7) is 0. The number of imidazole rings is 1. The molecule has 1 aromatic heterocycles. The van der Waals surface area contributed by atoms with Gasteiger partial charge in [-0.05, 0) is 12.8 Å². The highest BCUT2D eigenvalue weighted by atomic mass is 16.2. The second-order valence-electron chi connectivity index (χ2n) is 4.66. The van der Waals surface area contributed by atoms with Crippen LogP contribution in [-0.4, -0.2) is 17.6 Å². The zero-order valence-corrected chi connectivity index (χ0v) is 10.1. The van der Waals surface area contributed by atoms with E-state index in [0.717, 1.165) is 12.8 Å². The molecule has 0 saturated heterocycles. The minimum absolute atomic E-state index is 0.228. The summed E-state index contributed by atoms with van der Waals surface area (Å²) in [5.41, 5.74) is 0. The maximum absolute atomic E-state index is 12.2. The molecule has 1 amide bonds. The molecule has 88 valence electrons. The monoisotopic (exact) mass is 222 g/mol. The number of rotatable bonds is 2. The van der Waals surface area contributed by atoms with Gasteiger partial charge in [0, 0.05) is 5.92 Å². The smallest absolute Gasteiger partial charge is 0.267 e. The van der Waals surface area contributed by atoms with Gasteiger partial charge in [0.05, 0.1) is 14.1 Å². The highest BCUT2D eigenvalue weighted by Crippen LogP contribution is 2.24. The van der Waals surface area contributed by atoms with E-state index in [9.17, 15) is 4.79 Å². The third-order valence-electron chi connectivity index (χ3n) is 3.37. The van der Waals surface area contributed by atoms with Gasteiger partial charge < -0.3 is 0 Å². The van der Waals surface area contributed by atoms with Gasteiger partial charge in [-0.2, -0.15) is 5.01 Å². The summed E-state index contributed by atoms with van der Waals surface area (Å²) in [5.74, 6) is 0.474. The number of hydrogen-bond acceptors (Lipinski definition) is 1. The minimum atomic E-state index is 0.228. The fourth-order valence-corrected chi connectivity index (χ4v) is 2.34. The molecule has 4 nitrogen and oxygen atoms in total. The molecule has 1 fully saturated rings. The predicted molar refractivity (Wildman–Crippen MR) is 61.3 cm³/mol. The Morgan fingerprint density at radius 3 is 2.62 bits per heavy atom. The van der Waals surface area contributed by atoms with Gasteiger partial charge in [0.15, 0.2) is 6.20 Å². The largest absolute Gasteiger partial charge is 0.271 e. The molecule has 0 bridgehead atoms. The van der Waals surface area contributed by atoms with Gasteiger partial charge in [0.1, 0.15) is 6.20 Å². The molecule has 4 heteroatoms. The number of carbonyl (C=O) groups excluding carboxylic acids is 1. The second kappa shape index (κ2) is 4.68. The fourth-order valence-electron chi connectivity index (χ4n) is 2.34. The molecule has 1 saturated carbocycles. The van der Waals surface area contributed by atoms with Crippen molar-refractivity contribution in [1.82, 2.24) is 4.68 Å². The van der Waals surface area contributed by atoms with Crippen LogP contribution >= 0.6 is 0 Å². The van der Waals surface area contributed by atoms with Gasteiger partial charge in [-0.3, -0.25) is 4.79 Å². The lowest BCUT2D eigenvalue weighted by Gasteiger charge is -2.23. The molecule has 2 rings (SSSR count). The van der Waals surface area contributed by atoms with E-state index in [1.165, 1.54) is 19.3 Å².